The number of benzene rings is 1. The van der Waals surface area contributed by atoms with Crippen LogP contribution in [0, 0.1) is 0 Å². The minimum atomic E-state index is -1.27. The van der Waals surface area contributed by atoms with E-state index in [0.717, 1.165) is 5.56 Å². The Balaban J connectivity index is 1.87. The van der Waals surface area contributed by atoms with Gasteiger partial charge in [-0.1, -0.05) is 6.07 Å². The van der Waals surface area contributed by atoms with Crippen molar-refractivity contribution in [1.29, 1.82) is 0 Å². The monoisotopic (exact) mass is 343 g/mol. The molecule has 0 aliphatic carbocycles. The molecule has 7 nitrogen and oxygen atoms in total. The number of hydrogen-bond acceptors (Lipinski definition) is 5. The first-order valence-electron chi connectivity index (χ1n) is 8.04. The van der Waals surface area contributed by atoms with Crippen LogP contribution in [0.5, 0.6) is 5.75 Å². The third kappa shape index (κ3) is 6.23. The van der Waals surface area contributed by atoms with Gasteiger partial charge in [0.2, 0.25) is 5.91 Å². The van der Waals surface area contributed by atoms with E-state index in [1.54, 1.807) is 48.0 Å². The normalized spacial score (nSPS) is 11.6. The summed E-state index contributed by atoms with van der Waals surface area (Å²) in [5.41, 5.74) is 1.46. The van der Waals surface area contributed by atoms with Gasteiger partial charge in [0.25, 0.3) is 0 Å². The van der Waals surface area contributed by atoms with E-state index < -0.39 is 12.0 Å². The Bertz CT molecular complexity index is 689. The first-order valence-corrected chi connectivity index (χ1v) is 8.04. The van der Waals surface area contributed by atoms with Crippen molar-refractivity contribution in [3.05, 3.63) is 54.4 Å². The Kier molecular flexibility index (Phi) is 6.91. The van der Waals surface area contributed by atoms with Gasteiger partial charge in [0.05, 0.1) is 19.0 Å². The number of aromatic nitrogens is 1. The molecule has 2 aromatic rings. The van der Waals surface area contributed by atoms with Gasteiger partial charge in [-0.25, -0.2) is 0 Å². The fourth-order valence-electron chi connectivity index (χ4n) is 2.27. The topological polar surface area (TPSA) is 108 Å². The number of aliphatic carboxylic acids is 1. The second kappa shape index (κ2) is 9.39. The summed E-state index contributed by atoms with van der Waals surface area (Å²) in [4.78, 5) is 27.3. The predicted octanol–water partition coefficient (Wildman–Crippen LogP) is -0.309. The molecule has 0 aliphatic rings. The maximum Gasteiger partial charge on any atom is 0.230 e. The molecule has 0 saturated heterocycles. The Morgan fingerprint density at radius 3 is 2.64 bits per heavy atom. The summed E-state index contributed by atoms with van der Waals surface area (Å²) < 4.78 is 5.33. The van der Waals surface area contributed by atoms with Gasteiger partial charge in [0.1, 0.15) is 18.3 Å². The van der Waals surface area contributed by atoms with Gasteiger partial charge in [-0.05, 0) is 37.3 Å². The van der Waals surface area contributed by atoms with Crippen LogP contribution in [0.1, 0.15) is 18.9 Å². The van der Waals surface area contributed by atoms with Crippen LogP contribution in [-0.4, -0.2) is 29.5 Å². The molecule has 132 valence electrons. The fourth-order valence-corrected chi connectivity index (χ4v) is 2.27. The van der Waals surface area contributed by atoms with Gasteiger partial charge >= 0.3 is 0 Å². The molecule has 2 rings (SSSR count). The lowest BCUT2D eigenvalue weighted by molar-refractivity contribution is -0.697. The van der Waals surface area contributed by atoms with E-state index in [2.05, 4.69) is 10.3 Å². The van der Waals surface area contributed by atoms with Crippen molar-refractivity contribution in [3.63, 3.8) is 0 Å². The molecule has 0 fully saturated rings. The zero-order valence-corrected chi connectivity index (χ0v) is 14.0. The fraction of sp³-hybridized carbons (Fsp3) is 0.278. The lowest BCUT2D eigenvalue weighted by Crippen LogP contribution is -2.92. The zero-order valence-electron chi connectivity index (χ0n) is 14.0. The van der Waals surface area contributed by atoms with E-state index in [-0.39, 0.29) is 12.3 Å². The van der Waals surface area contributed by atoms with Crippen molar-refractivity contribution in [2.75, 3.05) is 11.9 Å². The summed E-state index contributed by atoms with van der Waals surface area (Å²) in [6, 6.07) is 9.54. The van der Waals surface area contributed by atoms with Gasteiger partial charge in [0.15, 0.2) is 0 Å². The zero-order chi connectivity index (χ0) is 18.1. The molecule has 0 spiro atoms. The minimum absolute atomic E-state index is 0.185. The number of carbonyl (C=O) groups is 2. The first kappa shape index (κ1) is 18.4. The molecule has 0 saturated carbocycles. The number of anilines is 1. The molecule has 25 heavy (non-hydrogen) atoms. The van der Waals surface area contributed by atoms with Crippen LogP contribution in [0.2, 0.25) is 0 Å². The summed E-state index contributed by atoms with van der Waals surface area (Å²) in [7, 11) is 0. The number of amides is 1. The molecule has 0 bridgehead atoms. The number of carboxylic acids is 1. The van der Waals surface area contributed by atoms with Crippen molar-refractivity contribution >= 4 is 17.6 Å². The highest BCUT2D eigenvalue weighted by molar-refractivity contribution is 5.93. The maximum absolute atomic E-state index is 12.1. The van der Waals surface area contributed by atoms with Crippen molar-refractivity contribution in [2.24, 2.45) is 0 Å². The van der Waals surface area contributed by atoms with Crippen LogP contribution in [0.25, 0.3) is 0 Å². The van der Waals surface area contributed by atoms with Crippen molar-refractivity contribution < 1.29 is 24.7 Å². The molecule has 3 N–H and O–H groups in total. The molecule has 1 aromatic heterocycles. The van der Waals surface area contributed by atoms with E-state index in [1.165, 1.54) is 0 Å². The molecular formula is C18H21N3O4. The molecule has 0 unspecified atom stereocenters. The third-order valence-electron chi connectivity index (χ3n) is 3.52. The number of pyridine rings is 1. The van der Waals surface area contributed by atoms with Crippen molar-refractivity contribution in [1.82, 2.24) is 4.98 Å². The molecule has 0 aliphatic heterocycles. The van der Waals surface area contributed by atoms with Crippen LogP contribution < -0.4 is 20.5 Å². The second-order valence-electron chi connectivity index (χ2n) is 5.44. The number of rotatable bonds is 9. The van der Waals surface area contributed by atoms with Crippen LogP contribution in [-0.2, 0) is 16.1 Å². The number of hydrogen-bond donors (Lipinski definition) is 2. The number of nitrogens with one attached hydrogen (secondary N) is 1. The average molecular weight is 343 g/mol. The SMILES string of the molecule is CCOc1ccc(NC(=O)C[C@H]([NH2+]Cc2cccnc2)C(=O)[O-])cc1. The summed E-state index contributed by atoms with van der Waals surface area (Å²) in [5.74, 6) is -0.954. The maximum atomic E-state index is 12.1. The smallest absolute Gasteiger partial charge is 0.230 e. The second-order valence-corrected chi connectivity index (χ2v) is 5.44. The van der Waals surface area contributed by atoms with Crippen molar-refractivity contribution in [2.45, 2.75) is 25.9 Å². The largest absolute Gasteiger partial charge is 0.544 e. The molecule has 7 heteroatoms. The van der Waals surface area contributed by atoms with Gasteiger partial charge in [-0.15, -0.1) is 0 Å². The van der Waals surface area contributed by atoms with Gasteiger partial charge in [-0.3, -0.25) is 9.78 Å². The van der Waals surface area contributed by atoms with E-state index in [0.29, 0.717) is 24.6 Å². The predicted molar refractivity (Wildman–Crippen MR) is 89.5 cm³/mol. The third-order valence-corrected chi connectivity index (χ3v) is 3.52. The van der Waals surface area contributed by atoms with Gasteiger partial charge in [-0.2, -0.15) is 0 Å². The number of quaternary nitrogens is 1. The molecular weight excluding hydrogens is 322 g/mol. The van der Waals surface area contributed by atoms with Gasteiger partial charge < -0.3 is 25.3 Å². The Labute approximate surface area is 146 Å². The summed E-state index contributed by atoms with van der Waals surface area (Å²) >= 11 is 0. The first-order chi connectivity index (χ1) is 12.1. The number of carbonyl (C=O) groups excluding carboxylic acids is 2. The number of carboxylic acid groups (broad SMARTS) is 1. The highest BCUT2D eigenvalue weighted by atomic mass is 16.5. The lowest BCUT2D eigenvalue weighted by atomic mass is 10.1. The van der Waals surface area contributed by atoms with Crippen LogP contribution in [0.15, 0.2) is 48.8 Å². The van der Waals surface area contributed by atoms with Crippen LogP contribution in [0.4, 0.5) is 5.69 Å². The molecule has 0 radical (unpaired) electrons. The van der Waals surface area contributed by atoms with Crippen molar-refractivity contribution in [3.8, 4) is 5.75 Å². The minimum Gasteiger partial charge on any atom is -0.544 e. The highest BCUT2D eigenvalue weighted by Crippen LogP contribution is 2.15. The standard InChI is InChI=1S/C18H21N3O4/c1-2-25-15-7-5-14(6-8-15)21-17(22)10-16(18(23)24)20-12-13-4-3-9-19-11-13/h3-9,11,16,20H,2,10,12H2,1H3,(H,21,22)(H,23,24)/t16-/m0/s1. The lowest BCUT2D eigenvalue weighted by Gasteiger charge is -2.16. The van der Waals surface area contributed by atoms with Gasteiger partial charge in [0, 0.05) is 23.6 Å². The molecule has 1 heterocycles. The highest BCUT2D eigenvalue weighted by Gasteiger charge is 2.18. The summed E-state index contributed by atoms with van der Waals surface area (Å²) in [6.45, 7) is 2.85. The van der Waals surface area contributed by atoms with E-state index in [9.17, 15) is 14.7 Å². The number of nitrogens with two attached hydrogens (primary N) is 1. The molecule has 1 aromatic carbocycles. The van der Waals surface area contributed by atoms with Crippen LogP contribution in [0.3, 0.4) is 0 Å². The number of ether oxygens (including phenoxy) is 1. The van der Waals surface area contributed by atoms with E-state index >= 15 is 0 Å². The quantitative estimate of drug-likeness (QED) is 0.649. The van der Waals surface area contributed by atoms with E-state index in [1.807, 2.05) is 13.0 Å². The summed E-state index contributed by atoms with van der Waals surface area (Å²) in [6.07, 6.45) is 3.11. The molecule has 1 amide bonds. The Morgan fingerprint density at radius 2 is 2.04 bits per heavy atom. The van der Waals surface area contributed by atoms with Crippen LogP contribution >= 0.6 is 0 Å². The number of nitrogens with zero attached hydrogens (tertiary/aromatic N) is 1. The van der Waals surface area contributed by atoms with E-state index in [4.69, 9.17) is 4.74 Å². The Hall–Kier alpha value is -2.93. The summed E-state index contributed by atoms with van der Waals surface area (Å²) in [5, 5.41) is 15.5. The molecule has 1 atom stereocenters. The average Bonchev–Trinajstić information content (AvgIpc) is 2.61. The Morgan fingerprint density at radius 1 is 1.28 bits per heavy atom.